The van der Waals surface area contributed by atoms with Gasteiger partial charge in [0, 0.05) is 18.3 Å². The molecule has 0 aromatic heterocycles. The summed E-state index contributed by atoms with van der Waals surface area (Å²) in [5.74, 6) is -1.84. The lowest BCUT2D eigenvalue weighted by molar-refractivity contribution is -0.142. The Morgan fingerprint density at radius 2 is 1.80 bits per heavy atom. The van der Waals surface area contributed by atoms with Gasteiger partial charge in [-0.15, -0.1) is 0 Å². The third-order valence-corrected chi connectivity index (χ3v) is 9.31. The number of hydrogen-bond acceptors (Lipinski definition) is 5. The molecule has 4 aliphatic rings. The van der Waals surface area contributed by atoms with Gasteiger partial charge in [-0.05, 0) is 48.7 Å². The van der Waals surface area contributed by atoms with Crippen LogP contribution in [0, 0.1) is 11.8 Å². The van der Waals surface area contributed by atoms with Crippen LogP contribution in [0.3, 0.4) is 0 Å². The van der Waals surface area contributed by atoms with Gasteiger partial charge in [0.1, 0.15) is 17.4 Å². The van der Waals surface area contributed by atoms with Crippen molar-refractivity contribution in [1.82, 2.24) is 10.2 Å². The molecule has 1 aliphatic carbocycles. The highest BCUT2D eigenvalue weighted by atomic mass is 35.5. The van der Waals surface area contributed by atoms with E-state index in [-0.39, 0.29) is 30.3 Å². The third-order valence-electron chi connectivity index (χ3n) is 8.58. The van der Waals surface area contributed by atoms with E-state index in [4.69, 9.17) is 32.7 Å². The minimum absolute atomic E-state index is 0.0611. The van der Waals surface area contributed by atoms with E-state index < -0.39 is 29.6 Å². The number of ether oxygens (including phenoxy) is 2. The maximum absolute atomic E-state index is 14.2. The first-order valence-corrected chi connectivity index (χ1v) is 14.4. The highest BCUT2D eigenvalue weighted by Crippen LogP contribution is 2.55. The largest absolute Gasteiger partial charge is 0.497 e. The number of carbonyl (C=O) groups is 3. The van der Waals surface area contributed by atoms with Crippen molar-refractivity contribution in [2.24, 2.45) is 11.8 Å². The summed E-state index contributed by atoms with van der Waals surface area (Å²) in [6.07, 6.45) is 8.12. The number of fused-ring (bicyclic) bond motifs is 1. The second-order valence-electron chi connectivity index (χ2n) is 11.0. The molecule has 5 atom stereocenters. The highest BCUT2D eigenvalue weighted by molar-refractivity contribution is 6.42. The lowest BCUT2D eigenvalue weighted by Gasteiger charge is -2.34. The number of methoxy groups -OCH3 is 1. The summed E-state index contributed by atoms with van der Waals surface area (Å²) in [5, 5.41) is 6.76. The first kappa shape index (κ1) is 27.1. The number of halogens is 2. The number of nitrogens with zero attached hydrogens (tertiary/aromatic N) is 1. The van der Waals surface area contributed by atoms with Gasteiger partial charge in [-0.25, -0.2) is 0 Å². The molecule has 1 spiro atoms. The summed E-state index contributed by atoms with van der Waals surface area (Å²) in [4.78, 5) is 43.3. The minimum atomic E-state index is -1.23. The van der Waals surface area contributed by atoms with Gasteiger partial charge < -0.3 is 25.0 Å². The molecule has 8 nitrogen and oxygen atoms in total. The first-order chi connectivity index (χ1) is 19.3. The van der Waals surface area contributed by atoms with E-state index in [9.17, 15) is 14.4 Å². The van der Waals surface area contributed by atoms with Crippen LogP contribution >= 0.6 is 23.2 Å². The maximum atomic E-state index is 14.2. The van der Waals surface area contributed by atoms with Crippen molar-refractivity contribution in [3.63, 3.8) is 0 Å². The fourth-order valence-corrected chi connectivity index (χ4v) is 6.99. The number of likely N-dealkylation sites (tertiary alicyclic amines) is 1. The number of anilines is 1. The van der Waals surface area contributed by atoms with E-state index in [0.29, 0.717) is 21.5 Å². The molecule has 1 saturated carbocycles. The fraction of sp³-hybridized carbons (Fsp3) is 0.433. The van der Waals surface area contributed by atoms with E-state index in [1.165, 1.54) is 0 Å². The summed E-state index contributed by atoms with van der Waals surface area (Å²) in [5.41, 5.74) is 0.0794. The number of rotatable bonds is 7. The van der Waals surface area contributed by atoms with Crippen LogP contribution in [0.25, 0.3) is 0 Å². The molecule has 210 valence electrons. The predicted octanol–water partition coefficient (Wildman–Crippen LogP) is 4.74. The Morgan fingerprint density at radius 1 is 1.05 bits per heavy atom. The highest BCUT2D eigenvalue weighted by Gasteiger charge is 2.72. The van der Waals surface area contributed by atoms with Crippen molar-refractivity contribution >= 4 is 46.6 Å². The molecule has 2 N–H and O–H groups in total. The lowest BCUT2D eigenvalue weighted by Crippen LogP contribution is -2.56. The molecule has 3 aliphatic heterocycles. The van der Waals surface area contributed by atoms with Crippen molar-refractivity contribution < 1.29 is 23.9 Å². The zero-order valence-corrected chi connectivity index (χ0v) is 23.6. The molecule has 10 heteroatoms. The average Bonchev–Trinajstić information content (AvgIpc) is 3.59. The van der Waals surface area contributed by atoms with Crippen LogP contribution in [0.15, 0.2) is 54.6 Å². The normalized spacial score (nSPS) is 29.0. The Balaban J connectivity index is 1.31. The second kappa shape index (κ2) is 10.7. The van der Waals surface area contributed by atoms with Crippen molar-refractivity contribution in [2.75, 3.05) is 12.4 Å². The summed E-state index contributed by atoms with van der Waals surface area (Å²) in [7, 11) is 1.59. The van der Waals surface area contributed by atoms with Crippen molar-refractivity contribution in [1.29, 1.82) is 0 Å². The molecule has 3 heterocycles. The van der Waals surface area contributed by atoms with E-state index >= 15 is 0 Å². The van der Waals surface area contributed by atoms with Gasteiger partial charge in [0.2, 0.25) is 17.7 Å². The first-order valence-electron chi connectivity index (χ1n) is 13.7. The number of nitrogens with one attached hydrogen (secondary N) is 2. The van der Waals surface area contributed by atoms with Crippen LogP contribution in [0.2, 0.25) is 10.0 Å². The summed E-state index contributed by atoms with van der Waals surface area (Å²) in [6, 6.07) is 11.4. The lowest BCUT2D eigenvalue weighted by atomic mass is 9.74. The molecule has 2 bridgehead atoms. The van der Waals surface area contributed by atoms with Gasteiger partial charge in [-0.2, -0.15) is 0 Å². The molecule has 3 amide bonds. The van der Waals surface area contributed by atoms with Crippen molar-refractivity contribution in [3.8, 4) is 5.75 Å². The Kier molecular flexibility index (Phi) is 7.27. The summed E-state index contributed by atoms with van der Waals surface area (Å²) >= 11 is 12.2. The minimum Gasteiger partial charge on any atom is -0.497 e. The molecule has 40 heavy (non-hydrogen) atoms. The van der Waals surface area contributed by atoms with E-state index in [1.807, 2.05) is 30.3 Å². The predicted molar refractivity (Wildman–Crippen MR) is 151 cm³/mol. The molecule has 2 aromatic rings. The molecular weight excluding hydrogens is 553 g/mol. The SMILES string of the molecule is COc1ccc(CN2C(=O)[C@H]3[C@@H](C(=O)Nc4ccc(Cl)c(Cl)c4)[C@H]4C=C[C@@]3(O4)[C@H]2C(=O)NC2CCCCC2)cc1. The summed E-state index contributed by atoms with van der Waals surface area (Å²) in [6.45, 7) is 0.201. The van der Waals surface area contributed by atoms with Crippen LogP contribution in [-0.2, 0) is 25.7 Å². The Hall–Kier alpha value is -3.07. The third kappa shape index (κ3) is 4.66. The fourth-order valence-electron chi connectivity index (χ4n) is 6.69. The molecule has 2 saturated heterocycles. The molecule has 0 unspecified atom stereocenters. The number of carbonyl (C=O) groups excluding carboxylic acids is 3. The quantitative estimate of drug-likeness (QED) is 0.459. The van der Waals surface area contributed by atoms with Gasteiger partial charge in [0.25, 0.3) is 0 Å². The van der Waals surface area contributed by atoms with Crippen LogP contribution in [-0.4, -0.2) is 53.5 Å². The van der Waals surface area contributed by atoms with Gasteiger partial charge in [0.05, 0.1) is 35.1 Å². The number of hydrogen-bond donors (Lipinski definition) is 2. The Bertz CT molecular complexity index is 1360. The van der Waals surface area contributed by atoms with Crippen LogP contribution in [0.4, 0.5) is 5.69 Å². The molecule has 0 radical (unpaired) electrons. The molecular formula is C30H31Cl2N3O5. The second-order valence-corrected chi connectivity index (χ2v) is 11.8. The van der Waals surface area contributed by atoms with E-state index in [0.717, 1.165) is 37.7 Å². The van der Waals surface area contributed by atoms with E-state index in [1.54, 1.807) is 36.3 Å². The zero-order valence-electron chi connectivity index (χ0n) is 22.1. The smallest absolute Gasteiger partial charge is 0.246 e. The number of benzene rings is 2. The average molecular weight is 584 g/mol. The summed E-state index contributed by atoms with van der Waals surface area (Å²) < 4.78 is 11.7. The van der Waals surface area contributed by atoms with Crippen LogP contribution < -0.4 is 15.4 Å². The zero-order chi connectivity index (χ0) is 28.0. The van der Waals surface area contributed by atoms with Crippen molar-refractivity contribution in [2.45, 2.75) is 62.4 Å². The maximum Gasteiger partial charge on any atom is 0.246 e. The molecule has 2 aromatic carbocycles. The van der Waals surface area contributed by atoms with Crippen molar-refractivity contribution in [3.05, 3.63) is 70.2 Å². The van der Waals surface area contributed by atoms with Gasteiger partial charge in [-0.1, -0.05) is 66.7 Å². The van der Waals surface area contributed by atoms with Gasteiger partial charge in [0.15, 0.2) is 0 Å². The van der Waals surface area contributed by atoms with Gasteiger partial charge >= 0.3 is 0 Å². The topological polar surface area (TPSA) is 97.0 Å². The van der Waals surface area contributed by atoms with Crippen LogP contribution in [0.5, 0.6) is 5.75 Å². The molecule has 3 fully saturated rings. The van der Waals surface area contributed by atoms with E-state index in [2.05, 4.69) is 10.6 Å². The standard InChI is InChI=1S/C30H31Cl2N3O5/c1-39-20-10-7-17(8-11-20)16-35-26(28(37)33-18-5-3-2-4-6-18)30-14-13-23(40-30)24(25(30)29(35)38)27(36)34-19-9-12-21(31)22(32)15-19/h7-15,18,23-26H,2-6,16H2,1H3,(H,33,37)(H,34,36)/t23-,24+,25-,26-,30+/m1/s1. The number of amides is 3. The monoisotopic (exact) mass is 583 g/mol. The van der Waals surface area contributed by atoms with Crippen LogP contribution in [0.1, 0.15) is 37.7 Å². The van der Waals surface area contributed by atoms with Gasteiger partial charge in [-0.3, -0.25) is 14.4 Å². The Morgan fingerprint density at radius 3 is 2.50 bits per heavy atom. The Labute approximate surface area is 243 Å². The molecule has 6 rings (SSSR count).